The lowest BCUT2D eigenvalue weighted by Gasteiger charge is -2.27. The Morgan fingerprint density at radius 1 is 1.09 bits per heavy atom. The minimum Gasteiger partial charge on any atom is -0.347 e. The number of nitrogens with one attached hydrogen (secondary N) is 1. The van der Waals surface area contributed by atoms with Gasteiger partial charge in [0.25, 0.3) is 0 Å². The molecule has 0 saturated carbocycles. The predicted octanol–water partition coefficient (Wildman–Crippen LogP) is 4.66. The van der Waals surface area contributed by atoms with Gasteiger partial charge in [-0.05, 0) is 62.1 Å². The van der Waals surface area contributed by atoms with Crippen LogP contribution in [0.4, 0.5) is 0 Å². The van der Waals surface area contributed by atoms with Crippen molar-refractivity contribution >= 4 is 21.8 Å². The quantitative estimate of drug-likeness (QED) is 0.844. The predicted molar refractivity (Wildman–Crippen MR) is 94.9 cm³/mol. The molecule has 22 heavy (non-hydrogen) atoms. The van der Waals surface area contributed by atoms with E-state index in [0.717, 1.165) is 15.6 Å². The fraction of sp³-hybridized carbons (Fsp3) is 0.316. The normalized spacial score (nSPS) is 11.3. The molecule has 0 radical (unpaired) electrons. The SMILES string of the molecule is Cc1cccc(CC(=O)NC(C)(C)c2ccc(Br)cc2)c1C. The van der Waals surface area contributed by atoms with Crippen LogP contribution in [0, 0.1) is 13.8 Å². The number of amides is 1. The summed E-state index contributed by atoms with van der Waals surface area (Å²) in [7, 11) is 0. The Balaban J connectivity index is 2.10. The molecule has 0 fully saturated rings. The molecule has 1 amide bonds. The molecule has 0 aliphatic heterocycles. The number of hydrogen-bond donors (Lipinski definition) is 1. The molecule has 2 aromatic carbocycles. The van der Waals surface area contributed by atoms with E-state index in [2.05, 4.69) is 41.2 Å². The maximum atomic E-state index is 12.4. The Morgan fingerprint density at radius 2 is 1.73 bits per heavy atom. The van der Waals surface area contributed by atoms with Crippen LogP contribution >= 0.6 is 15.9 Å². The van der Waals surface area contributed by atoms with Crippen molar-refractivity contribution in [1.82, 2.24) is 5.32 Å². The maximum absolute atomic E-state index is 12.4. The van der Waals surface area contributed by atoms with E-state index < -0.39 is 5.54 Å². The van der Waals surface area contributed by atoms with Crippen molar-refractivity contribution < 1.29 is 4.79 Å². The van der Waals surface area contributed by atoms with Crippen LogP contribution in [0.25, 0.3) is 0 Å². The Labute approximate surface area is 141 Å². The molecule has 0 heterocycles. The third-order valence-corrected chi connectivity index (χ3v) is 4.61. The molecular formula is C19H22BrNO. The van der Waals surface area contributed by atoms with Gasteiger partial charge in [0.1, 0.15) is 0 Å². The first-order valence-electron chi connectivity index (χ1n) is 7.42. The van der Waals surface area contributed by atoms with Gasteiger partial charge in [-0.2, -0.15) is 0 Å². The zero-order valence-electron chi connectivity index (χ0n) is 13.5. The fourth-order valence-corrected chi connectivity index (χ4v) is 2.77. The average molecular weight is 360 g/mol. The Kier molecular flexibility index (Phi) is 5.07. The third kappa shape index (κ3) is 3.98. The summed E-state index contributed by atoms with van der Waals surface area (Å²) in [5.41, 5.74) is 4.20. The number of hydrogen-bond acceptors (Lipinski definition) is 1. The number of halogens is 1. The standard InChI is InChI=1S/C19H22BrNO/c1-13-6-5-7-15(14(13)2)12-18(22)21-19(3,4)16-8-10-17(20)11-9-16/h5-11H,12H2,1-4H3,(H,21,22). The second-order valence-corrected chi connectivity index (χ2v) is 7.13. The Bertz CT molecular complexity index is 674. The van der Waals surface area contributed by atoms with E-state index in [9.17, 15) is 4.79 Å². The summed E-state index contributed by atoms with van der Waals surface area (Å²) in [5.74, 6) is 0.0432. The molecule has 2 rings (SSSR count). The molecule has 2 aromatic rings. The van der Waals surface area contributed by atoms with E-state index in [0.29, 0.717) is 6.42 Å². The van der Waals surface area contributed by atoms with Crippen molar-refractivity contribution in [3.8, 4) is 0 Å². The van der Waals surface area contributed by atoms with Crippen LogP contribution in [0.3, 0.4) is 0 Å². The highest BCUT2D eigenvalue weighted by Crippen LogP contribution is 2.22. The number of aryl methyl sites for hydroxylation is 1. The van der Waals surface area contributed by atoms with Crippen molar-refractivity contribution in [3.05, 3.63) is 69.2 Å². The lowest BCUT2D eigenvalue weighted by molar-refractivity contribution is -0.122. The van der Waals surface area contributed by atoms with Crippen molar-refractivity contribution in [2.75, 3.05) is 0 Å². The molecule has 0 aliphatic carbocycles. The zero-order chi connectivity index (χ0) is 16.3. The summed E-state index contributed by atoms with van der Waals surface area (Å²) in [5, 5.41) is 3.13. The molecule has 2 nitrogen and oxygen atoms in total. The Morgan fingerprint density at radius 3 is 2.36 bits per heavy atom. The molecule has 0 saturated heterocycles. The number of benzene rings is 2. The lowest BCUT2D eigenvalue weighted by atomic mass is 9.93. The van der Waals surface area contributed by atoms with Gasteiger partial charge in [-0.3, -0.25) is 4.79 Å². The van der Waals surface area contributed by atoms with Crippen molar-refractivity contribution in [2.24, 2.45) is 0 Å². The minimum absolute atomic E-state index is 0.0432. The summed E-state index contributed by atoms with van der Waals surface area (Å²) in [6.07, 6.45) is 0.410. The highest BCUT2D eigenvalue weighted by molar-refractivity contribution is 9.10. The van der Waals surface area contributed by atoms with Gasteiger partial charge in [-0.15, -0.1) is 0 Å². The van der Waals surface area contributed by atoms with E-state index >= 15 is 0 Å². The largest absolute Gasteiger partial charge is 0.347 e. The van der Waals surface area contributed by atoms with Crippen LogP contribution in [-0.2, 0) is 16.8 Å². The zero-order valence-corrected chi connectivity index (χ0v) is 15.1. The summed E-state index contributed by atoms with van der Waals surface area (Å²) < 4.78 is 1.04. The van der Waals surface area contributed by atoms with E-state index in [1.807, 2.05) is 50.2 Å². The van der Waals surface area contributed by atoms with Crippen molar-refractivity contribution in [3.63, 3.8) is 0 Å². The van der Waals surface area contributed by atoms with Gasteiger partial charge in [0, 0.05) is 4.47 Å². The van der Waals surface area contributed by atoms with Gasteiger partial charge >= 0.3 is 0 Å². The first-order chi connectivity index (χ1) is 10.3. The average Bonchev–Trinajstić information content (AvgIpc) is 2.44. The lowest BCUT2D eigenvalue weighted by Crippen LogP contribution is -2.41. The molecule has 0 aliphatic rings. The van der Waals surface area contributed by atoms with Crippen LogP contribution in [0.5, 0.6) is 0 Å². The van der Waals surface area contributed by atoms with Crippen LogP contribution in [0.15, 0.2) is 46.9 Å². The minimum atomic E-state index is -0.393. The maximum Gasteiger partial charge on any atom is 0.225 e. The molecule has 0 bridgehead atoms. The molecule has 0 aromatic heterocycles. The van der Waals surface area contributed by atoms with E-state index in [-0.39, 0.29) is 5.91 Å². The summed E-state index contributed by atoms with van der Waals surface area (Å²) in [6.45, 7) is 8.19. The molecule has 1 N–H and O–H groups in total. The number of carbonyl (C=O) groups is 1. The fourth-order valence-electron chi connectivity index (χ4n) is 2.51. The topological polar surface area (TPSA) is 29.1 Å². The van der Waals surface area contributed by atoms with E-state index in [1.54, 1.807) is 0 Å². The van der Waals surface area contributed by atoms with Gasteiger partial charge < -0.3 is 5.32 Å². The smallest absolute Gasteiger partial charge is 0.225 e. The first kappa shape index (κ1) is 16.8. The van der Waals surface area contributed by atoms with E-state index in [1.165, 1.54) is 11.1 Å². The van der Waals surface area contributed by atoms with Gasteiger partial charge in [0.2, 0.25) is 5.91 Å². The highest BCUT2D eigenvalue weighted by Gasteiger charge is 2.23. The van der Waals surface area contributed by atoms with Crippen LogP contribution in [0.1, 0.15) is 36.1 Å². The molecule has 3 heteroatoms. The van der Waals surface area contributed by atoms with E-state index in [4.69, 9.17) is 0 Å². The molecular weight excluding hydrogens is 338 g/mol. The second-order valence-electron chi connectivity index (χ2n) is 6.22. The third-order valence-electron chi connectivity index (χ3n) is 4.09. The van der Waals surface area contributed by atoms with Gasteiger partial charge in [-0.1, -0.05) is 46.3 Å². The summed E-state index contributed by atoms with van der Waals surface area (Å²) in [6, 6.07) is 14.1. The number of rotatable bonds is 4. The van der Waals surface area contributed by atoms with Crippen LogP contribution in [-0.4, -0.2) is 5.91 Å². The van der Waals surface area contributed by atoms with Gasteiger partial charge in [0.15, 0.2) is 0 Å². The van der Waals surface area contributed by atoms with Gasteiger partial charge in [0.05, 0.1) is 12.0 Å². The first-order valence-corrected chi connectivity index (χ1v) is 8.21. The second kappa shape index (κ2) is 6.66. The molecule has 0 unspecified atom stereocenters. The van der Waals surface area contributed by atoms with Gasteiger partial charge in [-0.25, -0.2) is 0 Å². The molecule has 116 valence electrons. The highest BCUT2D eigenvalue weighted by atomic mass is 79.9. The van der Waals surface area contributed by atoms with Crippen molar-refractivity contribution in [2.45, 2.75) is 39.7 Å². The number of carbonyl (C=O) groups excluding carboxylic acids is 1. The molecule has 0 spiro atoms. The van der Waals surface area contributed by atoms with Crippen LogP contribution in [0.2, 0.25) is 0 Å². The Hall–Kier alpha value is -1.61. The summed E-state index contributed by atoms with van der Waals surface area (Å²) >= 11 is 3.43. The molecule has 0 atom stereocenters. The van der Waals surface area contributed by atoms with Crippen molar-refractivity contribution in [1.29, 1.82) is 0 Å². The van der Waals surface area contributed by atoms with Crippen LogP contribution < -0.4 is 5.32 Å². The monoisotopic (exact) mass is 359 g/mol. The summed E-state index contributed by atoms with van der Waals surface area (Å²) in [4.78, 5) is 12.4.